The summed E-state index contributed by atoms with van der Waals surface area (Å²) in [5.74, 6) is -1.13. The molecule has 0 bridgehead atoms. The van der Waals surface area contributed by atoms with Crippen molar-refractivity contribution in [3.8, 4) is 11.5 Å². The Kier molecular flexibility index (Phi) is 7.16. The van der Waals surface area contributed by atoms with Crippen molar-refractivity contribution in [2.24, 2.45) is 0 Å². The molecule has 1 aromatic heterocycles. The summed E-state index contributed by atoms with van der Waals surface area (Å²) in [7, 11) is 2.84. The summed E-state index contributed by atoms with van der Waals surface area (Å²) in [4.78, 5) is 29.2. The van der Waals surface area contributed by atoms with Gasteiger partial charge in [0.2, 0.25) is 0 Å². The molecule has 0 saturated carbocycles. The lowest BCUT2D eigenvalue weighted by Gasteiger charge is -2.17. The first-order valence-corrected chi connectivity index (χ1v) is 9.52. The second kappa shape index (κ2) is 10.2. The Hall–Kier alpha value is -3.94. The Morgan fingerprint density at radius 3 is 2.32 bits per heavy atom. The third-order valence-corrected chi connectivity index (χ3v) is 4.47. The molecule has 8 heteroatoms. The van der Waals surface area contributed by atoms with E-state index in [1.807, 2.05) is 30.3 Å². The van der Waals surface area contributed by atoms with Crippen LogP contribution < -0.4 is 20.1 Å². The van der Waals surface area contributed by atoms with Crippen LogP contribution in [0.5, 0.6) is 11.5 Å². The first-order valence-electron chi connectivity index (χ1n) is 9.52. The highest BCUT2D eigenvalue weighted by Gasteiger charge is 2.25. The van der Waals surface area contributed by atoms with Gasteiger partial charge in [-0.1, -0.05) is 42.5 Å². The van der Waals surface area contributed by atoms with Crippen LogP contribution >= 0.6 is 0 Å². The van der Waals surface area contributed by atoms with Gasteiger partial charge in [0, 0.05) is 19.8 Å². The number of ether oxygens (including phenoxy) is 2. The zero-order valence-electron chi connectivity index (χ0n) is 17.1. The largest absolute Gasteiger partial charge is 0.491 e. The number of rotatable bonds is 8. The molecule has 0 saturated heterocycles. The first-order chi connectivity index (χ1) is 15.0. The number of benzene rings is 2. The highest BCUT2D eigenvalue weighted by molar-refractivity contribution is 6.01. The number of pyridine rings is 1. The lowest BCUT2D eigenvalue weighted by molar-refractivity contribution is 0.0932. The number of hydrogen-bond acceptors (Lipinski definition) is 5. The van der Waals surface area contributed by atoms with E-state index in [-0.39, 0.29) is 41.7 Å². The molecule has 3 aromatic rings. The summed E-state index contributed by atoms with van der Waals surface area (Å²) in [6.45, 7) is 0.337. The van der Waals surface area contributed by atoms with Gasteiger partial charge in [0.1, 0.15) is 18.0 Å². The van der Waals surface area contributed by atoms with Crippen molar-refractivity contribution in [3.05, 3.63) is 89.0 Å². The fraction of sp³-hybridized carbons (Fsp3) is 0.174. The molecule has 2 N–H and O–H groups in total. The van der Waals surface area contributed by atoms with Gasteiger partial charge in [-0.15, -0.1) is 0 Å². The predicted molar refractivity (Wildman–Crippen MR) is 113 cm³/mol. The van der Waals surface area contributed by atoms with Crippen LogP contribution in [0.25, 0.3) is 0 Å². The average molecular weight is 423 g/mol. The predicted octanol–water partition coefficient (Wildman–Crippen LogP) is 3.10. The maximum Gasteiger partial charge on any atom is 0.273 e. The summed E-state index contributed by atoms with van der Waals surface area (Å²) in [6.07, 6.45) is 1.27. The maximum absolute atomic E-state index is 13.1. The van der Waals surface area contributed by atoms with Gasteiger partial charge in [-0.05, 0) is 23.3 Å². The lowest BCUT2D eigenvalue weighted by atomic mass is 10.1. The van der Waals surface area contributed by atoms with Crippen molar-refractivity contribution >= 4 is 11.8 Å². The molecule has 0 spiro atoms. The maximum atomic E-state index is 13.1. The quantitative estimate of drug-likeness (QED) is 0.581. The second-order valence-corrected chi connectivity index (χ2v) is 6.55. The van der Waals surface area contributed by atoms with Gasteiger partial charge in [0.25, 0.3) is 11.8 Å². The van der Waals surface area contributed by atoms with E-state index in [0.29, 0.717) is 0 Å². The Labute approximate surface area is 179 Å². The number of methoxy groups -OCH3 is 1. The standard InChI is InChI=1S/C23H22FN3O4/c1-25-23(29)19-21(30-2)20(31-14-16-6-4-3-5-7-16)18(13-26-19)22(28)27-12-15-8-10-17(24)11-9-15/h3-11,13H,12,14H2,1-2H3,(H,25,29)(H,27,28). The van der Waals surface area contributed by atoms with Crippen LogP contribution in [0.4, 0.5) is 4.39 Å². The third kappa shape index (κ3) is 5.36. The number of nitrogens with zero attached hydrogens (tertiary/aromatic N) is 1. The van der Waals surface area contributed by atoms with Gasteiger partial charge in [0.15, 0.2) is 17.2 Å². The van der Waals surface area contributed by atoms with Crippen LogP contribution in [0.15, 0.2) is 60.8 Å². The highest BCUT2D eigenvalue weighted by Crippen LogP contribution is 2.34. The summed E-state index contributed by atoms with van der Waals surface area (Å²) < 4.78 is 24.4. The van der Waals surface area contributed by atoms with Crippen LogP contribution in [0.2, 0.25) is 0 Å². The molecule has 160 valence electrons. The van der Waals surface area contributed by atoms with E-state index in [4.69, 9.17) is 9.47 Å². The monoisotopic (exact) mass is 423 g/mol. The van der Waals surface area contributed by atoms with Gasteiger partial charge >= 0.3 is 0 Å². The van der Waals surface area contributed by atoms with Crippen LogP contribution in [-0.4, -0.2) is 31.0 Å². The molecule has 0 aliphatic rings. The number of carbonyl (C=O) groups is 2. The normalized spacial score (nSPS) is 10.3. The van der Waals surface area contributed by atoms with Crippen molar-refractivity contribution in [1.82, 2.24) is 15.6 Å². The number of hydrogen-bond donors (Lipinski definition) is 2. The average Bonchev–Trinajstić information content (AvgIpc) is 2.81. The molecule has 0 aliphatic carbocycles. The molecule has 0 aliphatic heterocycles. The minimum atomic E-state index is -0.473. The number of aromatic nitrogens is 1. The zero-order valence-corrected chi connectivity index (χ0v) is 17.1. The van der Waals surface area contributed by atoms with Crippen LogP contribution in [-0.2, 0) is 13.2 Å². The van der Waals surface area contributed by atoms with E-state index < -0.39 is 11.8 Å². The van der Waals surface area contributed by atoms with E-state index >= 15 is 0 Å². The lowest BCUT2D eigenvalue weighted by Crippen LogP contribution is -2.25. The van der Waals surface area contributed by atoms with E-state index in [2.05, 4.69) is 15.6 Å². The molecule has 3 rings (SSSR count). The molecule has 31 heavy (non-hydrogen) atoms. The SMILES string of the molecule is CNC(=O)c1ncc(C(=O)NCc2ccc(F)cc2)c(OCc2ccccc2)c1OC. The summed E-state index contributed by atoms with van der Waals surface area (Å²) >= 11 is 0. The zero-order chi connectivity index (χ0) is 22.2. The minimum Gasteiger partial charge on any atom is -0.491 e. The van der Waals surface area contributed by atoms with E-state index in [0.717, 1.165) is 11.1 Å². The van der Waals surface area contributed by atoms with Gasteiger partial charge in [-0.25, -0.2) is 9.37 Å². The van der Waals surface area contributed by atoms with Gasteiger partial charge in [-0.2, -0.15) is 0 Å². The van der Waals surface area contributed by atoms with Crippen LogP contribution in [0, 0.1) is 5.82 Å². The summed E-state index contributed by atoms with van der Waals surface area (Å²) in [5.41, 5.74) is 1.72. The third-order valence-electron chi connectivity index (χ3n) is 4.47. The molecule has 2 amide bonds. The minimum absolute atomic E-state index is 0.00291. The molecule has 1 heterocycles. The van der Waals surface area contributed by atoms with E-state index in [1.165, 1.54) is 32.5 Å². The van der Waals surface area contributed by atoms with Crippen LogP contribution in [0.3, 0.4) is 0 Å². The topological polar surface area (TPSA) is 89.6 Å². The van der Waals surface area contributed by atoms with Crippen molar-refractivity contribution < 1.29 is 23.5 Å². The molecule has 0 radical (unpaired) electrons. The fourth-order valence-corrected chi connectivity index (χ4v) is 2.86. The Morgan fingerprint density at radius 1 is 0.968 bits per heavy atom. The molecule has 7 nitrogen and oxygen atoms in total. The van der Waals surface area contributed by atoms with Crippen LogP contribution in [0.1, 0.15) is 32.0 Å². The first kappa shape index (κ1) is 21.8. The number of amides is 2. The highest BCUT2D eigenvalue weighted by atomic mass is 19.1. The van der Waals surface area contributed by atoms with Gasteiger partial charge < -0.3 is 20.1 Å². The van der Waals surface area contributed by atoms with Crippen molar-refractivity contribution in [2.45, 2.75) is 13.2 Å². The number of nitrogens with one attached hydrogen (secondary N) is 2. The van der Waals surface area contributed by atoms with Crippen molar-refractivity contribution in [2.75, 3.05) is 14.2 Å². The second-order valence-electron chi connectivity index (χ2n) is 6.55. The molecule has 0 atom stereocenters. The Bertz CT molecular complexity index is 1060. The van der Waals surface area contributed by atoms with Crippen molar-refractivity contribution in [1.29, 1.82) is 0 Å². The van der Waals surface area contributed by atoms with Crippen molar-refractivity contribution in [3.63, 3.8) is 0 Å². The summed E-state index contributed by atoms with van der Waals surface area (Å²) in [5, 5.41) is 5.24. The molecular formula is C23H22FN3O4. The molecule has 2 aromatic carbocycles. The Morgan fingerprint density at radius 2 is 1.68 bits per heavy atom. The van der Waals surface area contributed by atoms with E-state index in [9.17, 15) is 14.0 Å². The number of halogens is 1. The Balaban J connectivity index is 1.90. The smallest absolute Gasteiger partial charge is 0.273 e. The van der Waals surface area contributed by atoms with E-state index in [1.54, 1.807) is 12.1 Å². The molecule has 0 fully saturated rings. The molecular weight excluding hydrogens is 401 g/mol. The fourth-order valence-electron chi connectivity index (χ4n) is 2.86. The van der Waals surface area contributed by atoms with Gasteiger partial charge in [-0.3, -0.25) is 9.59 Å². The number of carbonyl (C=O) groups excluding carboxylic acids is 2. The summed E-state index contributed by atoms with van der Waals surface area (Å²) in [6, 6.07) is 15.2. The van der Waals surface area contributed by atoms with Gasteiger partial charge in [0.05, 0.1) is 7.11 Å². The molecule has 0 unspecified atom stereocenters.